The lowest BCUT2D eigenvalue weighted by atomic mass is 9.64. The molecule has 3 fully saturated rings. The number of likely N-dealkylation sites (tertiary alicyclic amines) is 1. The maximum absolute atomic E-state index is 14.5. The lowest BCUT2D eigenvalue weighted by molar-refractivity contribution is -0.155. The number of benzene rings is 1. The van der Waals surface area contributed by atoms with Crippen molar-refractivity contribution in [3.05, 3.63) is 61.2 Å². The van der Waals surface area contributed by atoms with E-state index in [1.54, 1.807) is 26.9 Å². The molecule has 42 heavy (non-hydrogen) atoms. The minimum absolute atomic E-state index is 0.0153. The van der Waals surface area contributed by atoms with Gasteiger partial charge in [-0.1, -0.05) is 69.2 Å². The van der Waals surface area contributed by atoms with E-state index in [-0.39, 0.29) is 24.3 Å². The summed E-state index contributed by atoms with van der Waals surface area (Å²) in [4.78, 5) is 48.6. The van der Waals surface area contributed by atoms with Crippen LogP contribution in [0, 0.1) is 11.8 Å². The zero-order valence-corrected chi connectivity index (χ0v) is 25.5. The van der Waals surface area contributed by atoms with Gasteiger partial charge in [0.05, 0.1) is 17.4 Å². The largest absolute Gasteiger partial charge is 0.396 e. The predicted molar refractivity (Wildman–Crippen MR) is 163 cm³/mol. The number of nitrogens with zero attached hydrogens (tertiary/aromatic N) is 3. The monoisotopic (exact) mass is 579 g/mol. The zero-order valence-electron chi connectivity index (χ0n) is 25.5. The van der Waals surface area contributed by atoms with Crippen molar-refractivity contribution >= 4 is 17.7 Å². The number of carbonyl (C=O) groups is 3. The fourth-order valence-electron chi connectivity index (χ4n) is 7.57. The highest BCUT2D eigenvalue weighted by molar-refractivity contribution is 5.99. The van der Waals surface area contributed by atoms with Crippen LogP contribution in [0.25, 0.3) is 0 Å². The van der Waals surface area contributed by atoms with Gasteiger partial charge in [0.1, 0.15) is 11.6 Å². The standard InChI is InChI=1S/C34H49N3O5/c1-5-9-13-22-35(20-6-2)32(41)29-34-19-18-33(8-4,42-34)27(28(34)31(40)37(29)23-14-15-24-38)30(39)36(21-7-3)25-26-16-11-10-12-17-26/h6-7,10-12,16-17,27-29,38H,2-3,5,8-9,13-15,18-25H2,1,4H3/t27-,28-,29?,33+,34?/m0/s1. The van der Waals surface area contributed by atoms with Crippen molar-refractivity contribution in [3.8, 4) is 0 Å². The Morgan fingerprint density at radius 2 is 1.74 bits per heavy atom. The van der Waals surface area contributed by atoms with Crippen LogP contribution in [-0.4, -0.2) is 87.6 Å². The van der Waals surface area contributed by atoms with E-state index in [1.165, 1.54) is 0 Å². The average molecular weight is 580 g/mol. The molecule has 3 amide bonds. The van der Waals surface area contributed by atoms with E-state index in [9.17, 15) is 19.5 Å². The number of ether oxygens (including phenoxy) is 1. The maximum Gasteiger partial charge on any atom is 0.248 e. The molecule has 1 N–H and O–H groups in total. The van der Waals surface area contributed by atoms with Gasteiger partial charge in [-0.25, -0.2) is 0 Å². The molecule has 8 heteroatoms. The van der Waals surface area contributed by atoms with Crippen molar-refractivity contribution in [2.75, 3.05) is 32.8 Å². The molecule has 1 spiro atoms. The third-order valence-corrected chi connectivity index (χ3v) is 9.56. The number of aliphatic hydroxyl groups is 1. The van der Waals surface area contributed by atoms with Crippen LogP contribution in [0.1, 0.15) is 70.8 Å². The molecule has 3 heterocycles. The summed E-state index contributed by atoms with van der Waals surface area (Å²) in [5.74, 6) is -1.83. The summed E-state index contributed by atoms with van der Waals surface area (Å²) in [6, 6.07) is 9.02. The summed E-state index contributed by atoms with van der Waals surface area (Å²) < 4.78 is 6.97. The highest BCUT2D eigenvalue weighted by Gasteiger charge is 2.79. The van der Waals surface area contributed by atoms with Gasteiger partial charge in [0.25, 0.3) is 0 Å². The van der Waals surface area contributed by atoms with E-state index in [4.69, 9.17) is 4.74 Å². The van der Waals surface area contributed by atoms with Crippen LogP contribution < -0.4 is 0 Å². The third kappa shape index (κ3) is 5.80. The number of hydrogen-bond donors (Lipinski definition) is 1. The topological polar surface area (TPSA) is 90.4 Å². The fraction of sp³-hybridized carbons (Fsp3) is 0.618. The van der Waals surface area contributed by atoms with E-state index < -0.39 is 29.1 Å². The smallest absolute Gasteiger partial charge is 0.248 e. The Hall–Kier alpha value is -2.97. The van der Waals surface area contributed by atoms with Gasteiger partial charge in [0.2, 0.25) is 17.7 Å². The molecule has 0 radical (unpaired) electrons. The Kier molecular flexibility index (Phi) is 10.7. The maximum atomic E-state index is 14.5. The first kappa shape index (κ1) is 32.0. The van der Waals surface area contributed by atoms with Crippen molar-refractivity contribution < 1.29 is 24.2 Å². The molecule has 5 atom stereocenters. The second-order valence-corrected chi connectivity index (χ2v) is 12.1. The Morgan fingerprint density at radius 3 is 2.38 bits per heavy atom. The Balaban J connectivity index is 1.74. The molecular formula is C34H49N3O5. The second-order valence-electron chi connectivity index (χ2n) is 12.1. The van der Waals surface area contributed by atoms with Gasteiger partial charge in [-0.2, -0.15) is 0 Å². The minimum Gasteiger partial charge on any atom is -0.396 e. The number of hydrogen-bond acceptors (Lipinski definition) is 5. The first-order valence-corrected chi connectivity index (χ1v) is 15.8. The lowest BCUT2D eigenvalue weighted by Gasteiger charge is -2.37. The van der Waals surface area contributed by atoms with Crippen molar-refractivity contribution in [3.63, 3.8) is 0 Å². The number of fused-ring (bicyclic) bond motifs is 1. The molecular weight excluding hydrogens is 530 g/mol. The summed E-state index contributed by atoms with van der Waals surface area (Å²) in [5, 5.41) is 9.47. The fourth-order valence-corrected chi connectivity index (χ4v) is 7.57. The van der Waals surface area contributed by atoms with Gasteiger partial charge in [-0.3, -0.25) is 14.4 Å². The van der Waals surface area contributed by atoms with Crippen molar-refractivity contribution in [1.29, 1.82) is 0 Å². The quantitative estimate of drug-likeness (QED) is 0.219. The van der Waals surface area contributed by atoms with Gasteiger partial charge < -0.3 is 24.5 Å². The Labute approximate surface area is 251 Å². The van der Waals surface area contributed by atoms with Crippen LogP contribution in [-0.2, 0) is 25.7 Å². The highest BCUT2D eigenvalue weighted by Crippen LogP contribution is 2.64. The van der Waals surface area contributed by atoms with E-state index in [1.807, 2.05) is 37.3 Å². The normalized spacial score (nSPS) is 27.6. The van der Waals surface area contributed by atoms with Gasteiger partial charge >= 0.3 is 0 Å². The van der Waals surface area contributed by atoms with Crippen LogP contribution >= 0.6 is 0 Å². The minimum atomic E-state index is -1.06. The average Bonchev–Trinajstić information content (AvgIpc) is 3.60. The summed E-state index contributed by atoms with van der Waals surface area (Å²) in [6.45, 7) is 14.0. The lowest BCUT2D eigenvalue weighted by Crippen LogP contribution is -2.56. The van der Waals surface area contributed by atoms with Crippen LogP contribution in [0.3, 0.4) is 0 Å². The highest BCUT2D eigenvalue weighted by atomic mass is 16.5. The SMILES string of the molecule is C=CCN(CCCCC)C(=O)C1N(CCCCO)C(=O)[C@@H]2[C@@H](C(=O)N(CC=C)Cc3ccccc3)[C@@]3(CC)CCC12O3. The molecule has 4 rings (SSSR count). The second kappa shape index (κ2) is 14.0. The number of carbonyl (C=O) groups excluding carboxylic acids is 3. The van der Waals surface area contributed by atoms with Crippen LogP contribution in [0.15, 0.2) is 55.6 Å². The molecule has 2 unspecified atom stereocenters. The summed E-state index contributed by atoms with van der Waals surface area (Å²) in [6.07, 6.45) is 9.23. The van der Waals surface area contributed by atoms with E-state index in [0.717, 1.165) is 24.8 Å². The van der Waals surface area contributed by atoms with Gasteiger partial charge in [0.15, 0.2) is 0 Å². The van der Waals surface area contributed by atoms with Crippen molar-refractivity contribution in [2.24, 2.45) is 11.8 Å². The molecule has 0 aliphatic carbocycles. The summed E-state index contributed by atoms with van der Waals surface area (Å²) in [7, 11) is 0. The summed E-state index contributed by atoms with van der Waals surface area (Å²) >= 11 is 0. The molecule has 8 nitrogen and oxygen atoms in total. The number of aliphatic hydroxyl groups excluding tert-OH is 1. The molecule has 3 saturated heterocycles. The molecule has 2 bridgehead atoms. The molecule has 3 aliphatic heterocycles. The molecule has 1 aromatic rings. The molecule has 0 saturated carbocycles. The van der Waals surface area contributed by atoms with Crippen LogP contribution in [0.5, 0.6) is 0 Å². The first-order valence-electron chi connectivity index (χ1n) is 15.8. The number of rotatable bonds is 17. The van der Waals surface area contributed by atoms with Crippen LogP contribution in [0.4, 0.5) is 0 Å². The molecule has 230 valence electrons. The Bertz CT molecular complexity index is 1130. The summed E-state index contributed by atoms with van der Waals surface area (Å²) in [5.41, 5.74) is -0.851. The van der Waals surface area contributed by atoms with E-state index >= 15 is 0 Å². The molecule has 3 aliphatic rings. The van der Waals surface area contributed by atoms with E-state index in [2.05, 4.69) is 20.1 Å². The van der Waals surface area contributed by atoms with Gasteiger partial charge in [0, 0.05) is 39.3 Å². The van der Waals surface area contributed by atoms with E-state index in [0.29, 0.717) is 64.8 Å². The predicted octanol–water partition coefficient (Wildman–Crippen LogP) is 4.33. The van der Waals surface area contributed by atoms with Crippen molar-refractivity contribution in [2.45, 2.75) is 89.0 Å². The third-order valence-electron chi connectivity index (χ3n) is 9.56. The number of amides is 3. The van der Waals surface area contributed by atoms with Crippen molar-refractivity contribution in [1.82, 2.24) is 14.7 Å². The Morgan fingerprint density at radius 1 is 1.02 bits per heavy atom. The molecule has 1 aromatic carbocycles. The van der Waals surface area contributed by atoms with Crippen LogP contribution in [0.2, 0.25) is 0 Å². The number of unbranched alkanes of at least 4 members (excludes halogenated alkanes) is 3. The first-order chi connectivity index (χ1) is 20.3. The molecule has 0 aromatic heterocycles. The van der Waals surface area contributed by atoms with Gasteiger partial charge in [-0.05, 0) is 44.1 Å². The zero-order chi connectivity index (χ0) is 30.3. The van der Waals surface area contributed by atoms with Gasteiger partial charge in [-0.15, -0.1) is 13.2 Å².